The van der Waals surface area contributed by atoms with Crippen LogP contribution in [-0.2, 0) is 19.5 Å². The molecule has 20 heavy (non-hydrogen) atoms. The molecule has 0 aromatic carbocycles. The molecule has 2 aliphatic carbocycles. The molecule has 0 aromatic rings. The Morgan fingerprint density at radius 3 is 2.90 bits per heavy atom. The van der Waals surface area contributed by atoms with Crippen molar-refractivity contribution in [3.8, 4) is 0 Å². The highest BCUT2D eigenvalue weighted by Crippen LogP contribution is 2.63. The van der Waals surface area contributed by atoms with Gasteiger partial charge in [-0.15, -0.1) is 0 Å². The van der Waals surface area contributed by atoms with Crippen molar-refractivity contribution >= 4 is 6.29 Å². The number of fused-ring (bicyclic) bond motifs is 2. The molecular weight excluding hydrogens is 260 g/mol. The third-order valence-corrected chi connectivity index (χ3v) is 5.63. The van der Waals surface area contributed by atoms with E-state index in [0.29, 0.717) is 11.5 Å². The van der Waals surface area contributed by atoms with Gasteiger partial charge in [-0.05, 0) is 37.2 Å². The van der Waals surface area contributed by atoms with Crippen LogP contribution in [0.15, 0.2) is 11.6 Å². The molecule has 1 spiro atoms. The average molecular weight is 282 g/mol. The summed E-state index contributed by atoms with van der Waals surface area (Å²) in [6, 6.07) is 0. The first kappa shape index (κ1) is 14.2. The number of hydrogen-bond donors (Lipinski definition) is 1. The highest BCUT2D eigenvalue weighted by molar-refractivity contribution is 5.75. The first-order chi connectivity index (χ1) is 9.48. The normalized spacial score (nSPS) is 47.0. The maximum Gasteiger partial charge on any atom is 0.148 e. The first-order valence-electron chi connectivity index (χ1n) is 7.30. The molecule has 112 valence electrons. The summed E-state index contributed by atoms with van der Waals surface area (Å²) in [5, 5.41) is 9.41. The maximum atomic E-state index is 11.3. The predicted molar refractivity (Wildman–Crippen MR) is 70.6 cm³/mol. The molecule has 2 fully saturated rings. The summed E-state index contributed by atoms with van der Waals surface area (Å²) in [4.78, 5) is 27.3. The molecule has 5 atom stereocenters. The van der Waals surface area contributed by atoms with Crippen molar-refractivity contribution in [3.63, 3.8) is 0 Å². The van der Waals surface area contributed by atoms with E-state index >= 15 is 0 Å². The van der Waals surface area contributed by atoms with Crippen molar-refractivity contribution in [2.45, 2.75) is 57.8 Å². The largest absolute Gasteiger partial charge is 0.298 e. The lowest BCUT2D eigenvalue weighted by Gasteiger charge is -2.51. The van der Waals surface area contributed by atoms with Crippen LogP contribution < -0.4 is 0 Å². The lowest BCUT2D eigenvalue weighted by molar-refractivity contribution is -0.464. The number of rotatable bonds is 3. The van der Waals surface area contributed by atoms with Gasteiger partial charge < -0.3 is 0 Å². The van der Waals surface area contributed by atoms with Crippen molar-refractivity contribution in [1.29, 1.82) is 0 Å². The summed E-state index contributed by atoms with van der Waals surface area (Å²) in [6.45, 7) is 6.44. The van der Waals surface area contributed by atoms with Crippen LogP contribution in [0.25, 0.3) is 0 Å². The van der Waals surface area contributed by atoms with Gasteiger partial charge in [0, 0.05) is 11.0 Å². The fourth-order valence-corrected chi connectivity index (χ4v) is 4.57. The van der Waals surface area contributed by atoms with Crippen LogP contribution in [0.1, 0.15) is 40.0 Å². The van der Waals surface area contributed by atoms with Gasteiger partial charge in [-0.1, -0.05) is 20.8 Å². The van der Waals surface area contributed by atoms with E-state index in [1.807, 2.05) is 0 Å². The second-order valence-corrected chi connectivity index (χ2v) is 6.93. The predicted octanol–water partition coefficient (Wildman–Crippen LogP) is 2.52. The molecule has 1 N–H and O–H groups in total. The molecule has 5 nitrogen and oxygen atoms in total. The van der Waals surface area contributed by atoms with Gasteiger partial charge >= 0.3 is 0 Å². The van der Waals surface area contributed by atoms with Crippen LogP contribution in [0.5, 0.6) is 0 Å². The smallest absolute Gasteiger partial charge is 0.148 e. The second-order valence-electron chi connectivity index (χ2n) is 6.93. The highest BCUT2D eigenvalue weighted by atomic mass is 17.2. The molecular formula is C15H22O5. The Morgan fingerprint density at radius 2 is 2.30 bits per heavy atom. The Hall–Kier alpha value is -0.750. The molecule has 1 saturated carbocycles. The van der Waals surface area contributed by atoms with Crippen molar-refractivity contribution < 1.29 is 24.7 Å². The summed E-state index contributed by atoms with van der Waals surface area (Å²) in [5.41, 5.74) is -0.393. The molecule has 4 rings (SSSR count). The SMILES string of the molecule is CC(C)[C@H]1CC[C@]2(C)C[C@@H]3OO[C@]12[C@@H](OO)C=C3C=O. The molecule has 0 aromatic heterocycles. The standard InChI is InChI=1S/C15H22O5/c1-9(2)11-4-5-14(3)7-12-10(8-16)6-13(18-17)15(11,14)20-19-12/h6,8-9,11-13,17H,4-5,7H2,1-3H3/t11-,12+,13+,14-,15+/m1/s1. The summed E-state index contributed by atoms with van der Waals surface area (Å²) < 4.78 is 0. The van der Waals surface area contributed by atoms with Gasteiger partial charge in [-0.25, -0.2) is 14.7 Å². The quantitative estimate of drug-likeness (QED) is 0.489. The third kappa shape index (κ3) is 1.61. The lowest BCUT2D eigenvalue weighted by Crippen LogP contribution is -2.61. The maximum absolute atomic E-state index is 11.3. The number of aldehydes is 1. The Labute approximate surface area is 118 Å². The van der Waals surface area contributed by atoms with E-state index in [0.717, 1.165) is 25.5 Å². The third-order valence-electron chi connectivity index (χ3n) is 5.63. The summed E-state index contributed by atoms with van der Waals surface area (Å²) >= 11 is 0. The van der Waals surface area contributed by atoms with Gasteiger partial charge in [-0.2, -0.15) is 0 Å². The van der Waals surface area contributed by atoms with Gasteiger partial charge in [-0.3, -0.25) is 10.1 Å². The molecule has 0 unspecified atom stereocenters. The zero-order valence-corrected chi connectivity index (χ0v) is 12.2. The van der Waals surface area contributed by atoms with E-state index in [-0.39, 0.29) is 17.4 Å². The molecule has 2 heterocycles. The van der Waals surface area contributed by atoms with Crippen LogP contribution in [0.4, 0.5) is 0 Å². The van der Waals surface area contributed by atoms with Crippen LogP contribution >= 0.6 is 0 Å². The van der Waals surface area contributed by atoms with Crippen molar-refractivity contribution in [1.82, 2.24) is 0 Å². The molecule has 1 saturated heterocycles. The van der Waals surface area contributed by atoms with Gasteiger partial charge in [0.15, 0.2) is 0 Å². The van der Waals surface area contributed by atoms with E-state index in [1.165, 1.54) is 0 Å². The van der Waals surface area contributed by atoms with Crippen molar-refractivity contribution in [2.75, 3.05) is 0 Å². The Bertz CT molecular complexity index is 446. The van der Waals surface area contributed by atoms with E-state index in [9.17, 15) is 10.1 Å². The molecule has 2 aliphatic heterocycles. The monoisotopic (exact) mass is 282 g/mol. The minimum absolute atomic E-state index is 0.167. The van der Waals surface area contributed by atoms with Crippen molar-refractivity contribution in [2.24, 2.45) is 17.3 Å². The van der Waals surface area contributed by atoms with E-state index < -0.39 is 11.7 Å². The Balaban J connectivity index is 2.14. The summed E-state index contributed by atoms with van der Waals surface area (Å²) in [5.74, 6) is 0.591. The fraction of sp³-hybridized carbons (Fsp3) is 0.800. The minimum atomic E-state index is -0.725. The summed E-state index contributed by atoms with van der Waals surface area (Å²) in [6.07, 6.45) is 4.13. The Kier molecular flexibility index (Phi) is 3.29. The topological polar surface area (TPSA) is 65.0 Å². The van der Waals surface area contributed by atoms with E-state index in [1.54, 1.807) is 6.08 Å². The van der Waals surface area contributed by atoms with Gasteiger partial charge in [0.2, 0.25) is 0 Å². The molecule has 0 amide bonds. The average Bonchev–Trinajstić information content (AvgIpc) is 2.58. The molecule has 5 heteroatoms. The number of carbonyl (C=O) groups excluding carboxylic acids is 1. The van der Waals surface area contributed by atoms with Gasteiger partial charge in [0.25, 0.3) is 0 Å². The van der Waals surface area contributed by atoms with Crippen LogP contribution in [-0.4, -0.2) is 29.4 Å². The second kappa shape index (κ2) is 4.63. The van der Waals surface area contributed by atoms with Crippen LogP contribution in [0.2, 0.25) is 0 Å². The van der Waals surface area contributed by atoms with Crippen molar-refractivity contribution in [3.05, 3.63) is 11.6 Å². The molecule has 2 bridgehead atoms. The lowest BCUT2D eigenvalue weighted by atomic mass is 9.65. The Morgan fingerprint density at radius 1 is 1.55 bits per heavy atom. The minimum Gasteiger partial charge on any atom is -0.298 e. The number of hydrogen-bond acceptors (Lipinski definition) is 5. The molecule has 4 aliphatic rings. The van der Waals surface area contributed by atoms with Crippen LogP contribution in [0, 0.1) is 17.3 Å². The fourth-order valence-electron chi connectivity index (χ4n) is 4.57. The zero-order chi connectivity index (χ0) is 14.5. The molecule has 0 radical (unpaired) electrons. The zero-order valence-electron chi connectivity index (χ0n) is 12.2. The van der Waals surface area contributed by atoms with Gasteiger partial charge in [0.05, 0.1) is 0 Å². The van der Waals surface area contributed by atoms with Crippen LogP contribution in [0.3, 0.4) is 0 Å². The van der Waals surface area contributed by atoms with E-state index in [4.69, 9.17) is 14.7 Å². The summed E-state index contributed by atoms with van der Waals surface area (Å²) in [7, 11) is 0. The highest BCUT2D eigenvalue weighted by Gasteiger charge is 2.68. The van der Waals surface area contributed by atoms with E-state index in [2.05, 4.69) is 20.8 Å². The van der Waals surface area contributed by atoms with Gasteiger partial charge in [0.1, 0.15) is 24.1 Å². The number of carbonyl (C=O) groups is 1. The first-order valence-corrected chi connectivity index (χ1v) is 7.30.